The number of amides is 1. The fraction of sp³-hybridized carbons (Fsp3) is 0.900. The van der Waals surface area contributed by atoms with E-state index in [2.05, 4.69) is 0 Å². The third-order valence-electron chi connectivity index (χ3n) is 2.81. The van der Waals surface area contributed by atoms with E-state index in [0.717, 1.165) is 12.8 Å². The highest BCUT2D eigenvalue weighted by molar-refractivity contribution is 6.30. The zero-order chi connectivity index (χ0) is 9.84. The molecule has 0 bridgehead atoms. The second-order valence-electron chi connectivity index (χ2n) is 3.86. The van der Waals surface area contributed by atoms with Crippen LogP contribution in [0.1, 0.15) is 39.0 Å². The topological polar surface area (TPSA) is 20.3 Å². The minimum Gasteiger partial charge on any atom is -0.342 e. The molecule has 1 aliphatic carbocycles. The van der Waals surface area contributed by atoms with Crippen LogP contribution >= 0.6 is 11.6 Å². The Balaban J connectivity index is 2.45. The molecular weight excluding hydrogens is 186 g/mol. The van der Waals surface area contributed by atoms with Gasteiger partial charge in [0.25, 0.3) is 0 Å². The van der Waals surface area contributed by atoms with Gasteiger partial charge in [0.2, 0.25) is 5.91 Å². The first kappa shape index (κ1) is 10.8. The predicted octanol–water partition coefficient (Wildman–Crippen LogP) is 2.40. The molecule has 1 aliphatic rings. The molecule has 0 N–H and O–H groups in total. The van der Waals surface area contributed by atoms with Crippen molar-refractivity contribution < 1.29 is 4.79 Å². The maximum absolute atomic E-state index is 11.5. The molecule has 1 atom stereocenters. The van der Waals surface area contributed by atoms with Gasteiger partial charge in [-0.05, 0) is 19.8 Å². The summed E-state index contributed by atoms with van der Waals surface area (Å²) in [7, 11) is 1.87. The van der Waals surface area contributed by atoms with Crippen LogP contribution in [0.2, 0.25) is 0 Å². The molecule has 76 valence electrons. The number of nitrogens with zero attached hydrogens (tertiary/aromatic N) is 1. The van der Waals surface area contributed by atoms with E-state index in [0.29, 0.717) is 6.04 Å². The van der Waals surface area contributed by atoms with Gasteiger partial charge in [0.1, 0.15) is 5.38 Å². The van der Waals surface area contributed by atoms with Crippen molar-refractivity contribution in [3.05, 3.63) is 0 Å². The first-order valence-corrected chi connectivity index (χ1v) is 5.47. The second kappa shape index (κ2) is 4.85. The third-order valence-corrected chi connectivity index (χ3v) is 3.00. The van der Waals surface area contributed by atoms with Crippen molar-refractivity contribution in [2.45, 2.75) is 50.4 Å². The lowest BCUT2D eigenvalue weighted by atomic mass is 9.94. The average molecular weight is 204 g/mol. The molecule has 0 aromatic carbocycles. The molecule has 0 aromatic rings. The number of carbonyl (C=O) groups is 1. The fourth-order valence-corrected chi connectivity index (χ4v) is 2.08. The Bertz CT molecular complexity index is 176. The molecule has 1 saturated carbocycles. The normalized spacial score (nSPS) is 21.2. The summed E-state index contributed by atoms with van der Waals surface area (Å²) in [5.74, 6) is 0.0635. The summed E-state index contributed by atoms with van der Waals surface area (Å²) in [6.07, 6.45) is 6.10. The summed E-state index contributed by atoms with van der Waals surface area (Å²) in [6.45, 7) is 1.74. The van der Waals surface area contributed by atoms with Gasteiger partial charge in [0, 0.05) is 13.1 Å². The van der Waals surface area contributed by atoms with Gasteiger partial charge in [-0.15, -0.1) is 11.6 Å². The highest BCUT2D eigenvalue weighted by atomic mass is 35.5. The third kappa shape index (κ3) is 2.87. The molecule has 13 heavy (non-hydrogen) atoms. The molecule has 0 aliphatic heterocycles. The van der Waals surface area contributed by atoms with Gasteiger partial charge in [0.15, 0.2) is 0 Å². The monoisotopic (exact) mass is 203 g/mol. The summed E-state index contributed by atoms with van der Waals surface area (Å²) in [6, 6.07) is 0.433. The van der Waals surface area contributed by atoms with E-state index in [9.17, 15) is 4.79 Å². The van der Waals surface area contributed by atoms with Crippen molar-refractivity contribution in [3.8, 4) is 0 Å². The lowest BCUT2D eigenvalue weighted by Gasteiger charge is -2.31. The van der Waals surface area contributed by atoms with Crippen LogP contribution in [0.15, 0.2) is 0 Å². The van der Waals surface area contributed by atoms with Gasteiger partial charge < -0.3 is 4.90 Å². The molecule has 0 aromatic heterocycles. The molecule has 0 heterocycles. The van der Waals surface area contributed by atoms with E-state index in [4.69, 9.17) is 11.6 Å². The molecule has 1 rings (SSSR count). The largest absolute Gasteiger partial charge is 0.342 e. The van der Waals surface area contributed by atoms with E-state index in [1.54, 1.807) is 6.92 Å². The summed E-state index contributed by atoms with van der Waals surface area (Å²) >= 11 is 5.75. The molecule has 0 saturated heterocycles. The SMILES string of the molecule is CC(Cl)C(=O)N(C)C1CCCCC1. The Morgan fingerprint density at radius 3 is 2.38 bits per heavy atom. The standard InChI is InChI=1S/C10H18ClNO/c1-8(11)10(13)12(2)9-6-4-3-5-7-9/h8-9H,3-7H2,1-2H3. The van der Waals surface area contributed by atoms with Gasteiger partial charge in [-0.2, -0.15) is 0 Å². The van der Waals surface area contributed by atoms with Gasteiger partial charge in [-0.3, -0.25) is 4.79 Å². The van der Waals surface area contributed by atoms with Crippen molar-refractivity contribution in [2.24, 2.45) is 0 Å². The van der Waals surface area contributed by atoms with Crippen LogP contribution in [0, 0.1) is 0 Å². The summed E-state index contributed by atoms with van der Waals surface area (Å²) in [5, 5.41) is -0.382. The second-order valence-corrected chi connectivity index (χ2v) is 4.51. The number of hydrogen-bond donors (Lipinski definition) is 0. The Labute approximate surface area is 85.2 Å². The number of halogens is 1. The number of rotatable bonds is 2. The summed E-state index contributed by atoms with van der Waals surface area (Å²) in [5.41, 5.74) is 0. The first-order chi connectivity index (χ1) is 6.13. The molecule has 3 heteroatoms. The molecule has 1 unspecified atom stereocenters. The maximum atomic E-state index is 11.5. The van der Waals surface area contributed by atoms with E-state index >= 15 is 0 Å². The van der Waals surface area contributed by atoms with Crippen molar-refractivity contribution in [3.63, 3.8) is 0 Å². The summed E-state index contributed by atoms with van der Waals surface area (Å²) < 4.78 is 0. The lowest BCUT2D eigenvalue weighted by molar-refractivity contribution is -0.131. The van der Waals surface area contributed by atoms with Crippen LogP contribution in [0.25, 0.3) is 0 Å². The first-order valence-electron chi connectivity index (χ1n) is 5.03. The number of hydrogen-bond acceptors (Lipinski definition) is 1. The van der Waals surface area contributed by atoms with Gasteiger partial charge in [-0.25, -0.2) is 0 Å². The predicted molar refractivity (Wildman–Crippen MR) is 55.0 cm³/mol. The Morgan fingerprint density at radius 2 is 1.92 bits per heavy atom. The highest BCUT2D eigenvalue weighted by Crippen LogP contribution is 2.22. The smallest absolute Gasteiger partial charge is 0.240 e. The molecule has 1 fully saturated rings. The number of alkyl halides is 1. The minimum absolute atomic E-state index is 0.0635. The molecule has 2 nitrogen and oxygen atoms in total. The average Bonchev–Trinajstić information content (AvgIpc) is 2.17. The molecule has 0 radical (unpaired) electrons. The van der Waals surface area contributed by atoms with Crippen molar-refractivity contribution in [1.82, 2.24) is 4.90 Å². The van der Waals surface area contributed by atoms with Crippen LogP contribution in [0.4, 0.5) is 0 Å². The van der Waals surface area contributed by atoms with Crippen molar-refractivity contribution in [1.29, 1.82) is 0 Å². The number of carbonyl (C=O) groups excluding carboxylic acids is 1. The van der Waals surface area contributed by atoms with Gasteiger partial charge in [0.05, 0.1) is 0 Å². The zero-order valence-corrected chi connectivity index (χ0v) is 9.18. The van der Waals surface area contributed by atoms with Crippen LogP contribution in [-0.4, -0.2) is 29.3 Å². The zero-order valence-electron chi connectivity index (χ0n) is 8.42. The van der Waals surface area contributed by atoms with Crippen LogP contribution < -0.4 is 0 Å². The fourth-order valence-electron chi connectivity index (χ4n) is 1.93. The van der Waals surface area contributed by atoms with Crippen molar-refractivity contribution in [2.75, 3.05) is 7.05 Å². The minimum atomic E-state index is -0.382. The van der Waals surface area contributed by atoms with E-state index in [1.807, 2.05) is 11.9 Å². The van der Waals surface area contributed by atoms with E-state index in [1.165, 1.54) is 19.3 Å². The Morgan fingerprint density at radius 1 is 1.38 bits per heavy atom. The van der Waals surface area contributed by atoms with Gasteiger partial charge >= 0.3 is 0 Å². The Hall–Kier alpha value is -0.240. The molecule has 1 amide bonds. The molecular formula is C10H18ClNO. The quantitative estimate of drug-likeness (QED) is 0.632. The van der Waals surface area contributed by atoms with Gasteiger partial charge in [-0.1, -0.05) is 19.3 Å². The van der Waals surface area contributed by atoms with Crippen LogP contribution in [-0.2, 0) is 4.79 Å². The van der Waals surface area contributed by atoms with Crippen LogP contribution in [0.5, 0.6) is 0 Å². The van der Waals surface area contributed by atoms with E-state index in [-0.39, 0.29) is 11.3 Å². The Kier molecular flexibility index (Phi) is 4.04. The maximum Gasteiger partial charge on any atom is 0.240 e. The van der Waals surface area contributed by atoms with Crippen molar-refractivity contribution >= 4 is 17.5 Å². The van der Waals surface area contributed by atoms with E-state index < -0.39 is 0 Å². The lowest BCUT2D eigenvalue weighted by Crippen LogP contribution is -2.41. The summed E-state index contributed by atoms with van der Waals surface area (Å²) in [4.78, 5) is 13.4. The molecule has 0 spiro atoms. The highest BCUT2D eigenvalue weighted by Gasteiger charge is 2.24. The van der Waals surface area contributed by atoms with Crippen LogP contribution in [0.3, 0.4) is 0 Å².